The molecular formula is C13H11BrN2O3. The summed E-state index contributed by atoms with van der Waals surface area (Å²) in [5.41, 5.74) is -0.550. The molecule has 0 atom stereocenters. The summed E-state index contributed by atoms with van der Waals surface area (Å²) in [6.07, 6.45) is 1.86. The van der Waals surface area contributed by atoms with Crippen molar-refractivity contribution < 1.29 is 14.4 Å². The predicted octanol–water partition coefficient (Wildman–Crippen LogP) is 2.20. The number of hydrogen-bond acceptors (Lipinski definition) is 3. The molecule has 2 aliphatic rings. The van der Waals surface area contributed by atoms with Gasteiger partial charge in [0.15, 0.2) is 0 Å². The second-order valence-electron chi connectivity index (χ2n) is 4.81. The Labute approximate surface area is 118 Å². The average Bonchev–Trinajstić information content (AvgIpc) is 2.29. The first kappa shape index (κ1) is 12.3. The Balaban J connectivity index is 2.00. The minimum absolute atomic E-state index is 0.408. The number of rotatable bonds is 1. The van der Waals surface area contributed by atoms with E-state index in [4.69, 9.17) is 0 Å². The summed E-state index contributed by atoms with van der Waals surface area (Å²) in [6.45, 7) is 0. The smallest absolute Gasteiger partial charge is 0.276 e. The number of urea groups is 1. The molecule has 0 unspecified atom stereocenters. The fraction of sp³-hybridized carbons (Fsp3) is 0.308. The zero-order chi connectivity index (χ0) is 13.6. The van der Waals surface area contributed by atoms with Gasteiger partial charge in [0.2, 0.25) is 5.91 Å². The van der Waals surface area contributed by atoms with Gasteiger partial charge in [0, 0.05) is 4.47 Å². The molecule has 4 amide bonds. The molecule has 0 bridgehead atoms. The third-order valence-electron chi connectivity index (χ3n) is 3.76. The number of barbiturate groups is 1. The largest absolute Gasteiger partial charge is 0.335 e. The molecule has 1 aromatic rings. The summed E-state index contributed by atoms with van der Waals surface area (Å²) in [5, 5.41) is 2.28. The lowest BCUT2D eigenvalue weighted by Crippen LogP contribution is -2.66. The van der Waals surface area contributed by atoms with Gasteiger partial charge in [-0.05, 0) is 37.1 Å². The first-order valence-corrected chi connectivity index (χ1v) is 6.79. The van der Waals surface area contributed by atoms with Crippen LogP contribution in [0, 0.1) is 5.41 Å². The molecular weight excluding hydrogens is 312 g/mol. The molecule has 1 N–H and O–H groups in total. The molecule has 0 aromatic heterocycles. The topological polar surface area (TPSA) is 66.5 Å². The summed E-state index contributed by atoms with van der Waals surface area (Å²) in [7, 11) is 0. The third-order valence-corrected chi connectivity index (χ3v) is 4.29. The second kappa shape index (κ2) is 4.16. The lowest BCUT2D eigenvalue weighted by atomic mass is 9.66. The minimum atomic E-state index is -1.03. The normalized spacial score (nSPS) is 21.3. The van der Waals surface area contributed by atoms with E-state index in [1.807, 2.05) is 0 Å². The van der Waals surface area contributed by atoms with E-state index in [1.165, 1.54) is 0 Å². The van der Waals surface area contributed by atoms with Crippen molar-refractivity contribution in [3.8, 4) is 0 Å². The number of benzene rings is 1. The van der Waals surface area contributed by atoms with Crippen LogP contribution in [0.1, 0.15) is 19.3 Å². The molecule has 2 fully saturated rings. The molecule has 1 spiro atoms. The van der Waals surface area contributed by atoms with Crippen molar-refractivity contribution in [3.05, 3.63) is 28.7 Å². The van der Waals surface area contributed by atoms with E-state index in [9.17, 15) is 14.4 Å². The Morgan fingerprint density at radius 3 is 2.26 bits per heavy atom. The van der Waals surface area contributed by atoms with Crippen molar-refractivity contribution >= 4 is 39.5 Å². The highest BCUT2D eigenvalue weighted by atomic mass is 79.9. The van der Waals surface area contributed by atoms with Crippen molar-refractivity contribution in [2.24, 2.45) is 5.41 Å². The van der Waals surface area contributed by atoms with E-state index in [2.05, 4.69) is 21.2 Å². The number of imide groups is 2. The van der Waals surface area contributed by atoms with Crippen LogP contribution >= 0.6 is 15.9 Å². The van der Waals surface area contributed by atoms with E-state index in [0.717, 1.165) is 15.8 Å². The lowest BCUT2D eigenvalue weighted by Gasteiger charge is -2.44. The van der Waals surface area contributed by atoms with Gasteiger partial charge in [-0.1, -0.05) is 22.4 Å². The fourth-order valence-electron chi connectivity index (χ4n) is 2.47. The molecule has 0 radical (unpaired) electrons. The molecule has 98 valence electrons. The van der Waals surface area contributed by atoms with Gasteiger partial charge in [-0.25, -0.2) is 9.69 Å². The first-order chi connectivity index (χ1) is 9.04. The summed E-state index contributed by atoms with van der Waals surface area (Å²) in [4.78, 5) is 37.3. The number of nitrogens with one attached hydrogen (secondary N) is 1. The highest BCUT2D eigenvalue weighted by Crippen LogP contribution is 2.45. The van der Waals surface area contributed by atoms with Crippen LogP contribution in [-0.4, -0.2) is 17.8 Å². The van der Waals surface area contributed by atoms with Crippen molar-refractivity contribution in [1.82, 2.24) is 5.32 Å². The third kappa shape index (κ3) is 1.70. The zero-order valence-corrected chi connectivity index (χ0v) is 11.6. The molecule has 19 heavy (non-hydrogen) atoms. The highest BCUT2D eigenvalue weighted by molar-refractivity contribution is 9.10. The Morgan fingerprint density at radius 2 is 1.74 bits per heavy atom. The van der Waals surface area contributed by atoms with Gasteiger partial charge in [-0.15, -0.1) is 0 Å². The van der Waals surface area contributed by atoms with Crippen molar-refractivity contribution in [2.45, 2.75) is 19.3 Å². The Morgan fingerprint density at radius 1 is 1.11 bits per heavy atom. The molecule has 6 heteroatoms. The molecule has 3 rings (SSSR count). The van der Waals surface area contributed by atoms with Crippen LogP contribution in [0.4, 0.5) is 10.5 Å². The predicted molar refractivity (Wildman–Crippen MR) is 71.5 cm³/mol. The number of carbonyl (C=O) groups excluding carboxylic acids is 3. The van der Waals surface area contributed by atoms with Gasteiger partial charge in [0.25, 0.3) is 5.91 Å². The summed E-state index contributed by atoms with van der Waals surface area (Å²) < 4.78 is 0.857. The second-order valence-corrected chi connectivity index (χ2v) is 5.73. The van der Waals surface area contributed by atoms with E-state index in [0.29, 0.717) is 18.5 Å². The molecule has 1 aliphatic carbocycles. The standard InChI is InChI=1S/C13H11BrN2O3/c14-8-2-4-9(5-3-8)16-11(18)13(6-1-7-13)10(17)15-12(16)19/h2-5H,1,6-7H2,(H,15,17,19). The maximum Gasteiger partial charge on any atom is 0.335 e. The van der Waals surface area contributed by atoms with E-state index in [1.54, 1.807) is 24.3 Å². The summed E-state index contributed by atoms with van der Waals surface area (Å²) in [5.74, 6) is -0.864. The van der Waals surface area contributed by atoms with Crippen LogP contribution in [0.5, 0.6) is 0 Å². The molecule has 1 saturated carbocycles. The van der Waals surface area contributed by atoms with Crippen LogP contribution in [-0.2, 0) is 9.59 Å². The number of nitrogens with zero attached hydrogens (tertiary/aromatic N) is 1. The maximum absolute atomic E-state index is 12.5. The van der Waals surface area contributed by atoms with Gasteiger partial charge < -0.3 is 0 Å². The number of anilines is 1. The number of hydrogen-bond donors (Lipinski definition) is 1. The van der Waals surface area contributed by atoms with Crippen molar-refractivity contribution in [3.63, 3.8) is 0 Å². The van der Waals surface area contributed by atoms with Crippen LogP contribution < -0.4 is 10.2 Å². The highest BCUT2D eigenvalue weighted by Gasteiger charge is 2.57. The van der Waals surface area contributed by atoms with Crippen molar-refractivity contribution in [1.29, 1.82) is 0 Å². The molecule has 1 heterocycles. The van der Waals surface area contributed by atoms with Gasteiger partial charge >= 0.3 is 6.03 Å². The quantitative estimate of drug-likeness (QED) is 0.806. The molecule has 1 saturated heterocycles. The SMILES string of the molecule is O=C1NC(=O)C2(CCC2)C(=O)N1c1ccc(Br)cc1. The van der Waals surface area contributed by atoms with Crippen molar-refractivity contribution in [2.75, 3.05) is 4.90 Å². The Kier molecular flexibility index (Phi) is 2.70. The number of amides is 4. The van der Waals surface area contributed by atoms with Gasteiger partial charge in [-0.2, -0.15) is 0 Å². The van der Waals surface area contributed by atoms with E-state index < -0.39 is 23.3 Å². The summed E-state index contributed by atoms with van der Waals surface area (Å²) >= 11 is 3.30. The van der Waals surface area contributed by atoms with Crippen LogP contribution in [0.15, 0.2) is 28.7 Å². The van der Waals surface area contributed by atoms with Crippen LogP contribution in [0.2, 0.25) is 0 Å². The van der Waals surface area contributed by atoms with Gasteiger partial charge in [-0.3, -0.25) is 14.9 Å². The Bertz CT molecular complexity index is 578. The molecule has 1 aliphatic heterocycles. The fourth-order valence-corrected chi connectivity index (χ4v) is 2.74. The summed E-state index contributed by atoms with van der Waals surface area (Å²) in [6, 6.07) is 6.17. The Hall–Kier alpha value is -1.69. The maximum atomic E-state index is 12.5. The minimum Gasteiger partial charge on any atom is -0.276 e. The van der Waals surface area contributed by atoms with Gasteiger partial charge in [0.05, 0.1) is 5.69 Å². The lowest BCUT2D eigenvalue weighted by molar-refractivity contribution is -0.148. The first-order valence-electron chi connectivity index (χ1n) is 6.00. The number of carbonyl (C=O) groups is 3. The van der Waals surface area contributed by atoms with Crippen LogP contribution in [0.25, 0.3) is 0 Å². The average molecular weight is 323 g/mol. The van der Waals surface area contributed by atoms with E-state index >= 15 is 0 Å². The molecule has 5 nitrogen and oxygen atoms in total. The van der Waals surface area contributed by atoms with E-state index in [-0.39, 0.29) is 0 Å². The number of halogens is 1. The van der Waals surface area contributed by atoms with Crippen LogP contribution in [0.3, 0.4) is 0 Å². The van der Waals surface area contributed by atoms with Gasteiger partial charge in [0.1, 0.15) is 5.41 Å². The molecule has 1 aromatic carbocycles. The zero-order valence-electron chi connectivity index (χ0n) is 9.98. The monoisotopic (exact) mass is 322 g/mol.